The monoisotopic (exact) mass is 549 g/mol. The lowest BCUT2D eigenvalue weighted by Crippen LogP contribution is -2.49. The largest absolute Gasteiger partial charge is 0.439 e. The Kier molecular flexibility index (Phi) is 6.39. The van der Waals surface area contributed by atoms with Crippen molar-refractivity contribution in [3.63, 3.8) is 0 Å². The fourth-order valence-corrected chi connectivity index (χ4v) is 6.82. The molecule has 0 radical (unpaired) electrons. The molecule has 1 aromatic carbocycles. The van der Waals surface area contributed by atoms with E-state index >= 15 is 0 Å². The van der Waals surface area contributed by atoms with E-state index in [0.717, 1.165) is 55.3 Å². The highest BCUT2D eigenvalue weighted by molar-refractivity contribution is 6.30. The first-order valence-corrected chi connectivity index (χ1v) is 14.4. The standard InChI is InChI=1S/C28H32ClN7O3/c1-16-8-10-17(11-9-16)15-36-23-22(18-4-2-5-19(29)14-18)30-25(26-33-28(37)39-34-26)31-24(23)32-27(36)35-12-13-38-21-7-3-6-20(21)35/h2,4-5,14,16-17,20-21H,3,6-13,15H2,1H3,(H,33,34,37)/t16?,17?,20-,21-/m0/s1. The molecule has 11 heteroatoms. The van der Waals surface area contributed by atoms with Crippen LogP contribution in [0.3, 0.4) is 0 Å². The maximum Gasteiger partial charge on any atom is 0.439 e. The number of aromatic nitrogens is 6. The number of aromatic amines is 1. The van der Waals surface area contributed by atoms with Gasteiger partial charge in [0.05, 0.1) is 18.8 Å². The van der Waals surface area contributed by atoms with Crippen LogP contribution in [0.15, 0.2) is 33.6 Å². The number of rotatable bonds is 5. The average Bonchev–Trinajstić information content (AvgIpc) is 3.68. The van der Waals surface area contributed by atoms with Gasteiger partial charge in [0.1, 0.15) is 11.2 Å². The molecular formula is C28H32ClN7O3. The van der Waals surface area contributed by atoms with Gasteiger partial charge in [-0.05, 0) is 56.1 Å². The van der Waals surface area contributed by atoms with Gasteiger partial charge < -0.3 is 14.2 Å². The van der Waals surface area contributed by atoms with Gasteiger partial charge in [-0.2, -0.15) is 4.98 Å². The van der Waals surface area contributed by atoms with Gasteiger partial charge in [0.2, 0.25) is 17.6 Å². The molecule has 0 bridgehead atoms. The molecule has 0 spiro atoms. The Morgan fingerprint density at radius 3 is 2.77 bits per heavy atom. The van der Waals surface area contributed by atoms with Gasteiger partial charge in [-0.1, -0.05) is 48.7 Å². The van der Waals surface area contributed by atoms with E-state index in [1.807, 2.05) is 24.3 Å². The van der Waals surface area contributed by atoms with Crippen molar-refractivity contribution >= 4 is 28.7 Å². The first kappa shape index (κ1) is 24.8. The summed E-state index contributed by atoms with van der Waals surface area (Å²) < 4.78 is 13.3. The molecule has 3 aliphatic rings. The van der Waals surface area contributed by atoms with Crippen LogP contribution in [0.2, 0.25) is 5.02 Å². The van der Waals surface area contributed by atoms with E-state index in [0.29, 0.717) is 34.9 Å². The molecular weight excluding hydrogens is 518 g/mol. The highest BCUT2D eigenvalue weighted by Gasteiger charge is 2.39. The number of nitrogens with zero attached hydrogens (tertiary/aromatic N) is 6. The number of hydrogen-bond donors (Lipinski definition) is 1. The van der Waals surface area contributed by atoms with Crippen LogP contribution in [0, 0.1) is 11.8 Å². The lowest BCUT2D eigenvalue weighted by Gasteiger charge is -2.39. The van der Waals surface area contributed by atoms with Crippen molar-refractivity contribution in [1.29, 1.82) is 0 Å². The number of halogens is 1. The highest BCUT2D eigenvalue weighted by Crippen LogP contribution is 2.39. The molecule has 2 saturated carbocycles. The van der Waals surface area contributed by atoms with E-state index in [1.54, 1.807) is 0 Å². The number of morpholine rings is 1. The predicted octanol–water partition coefficient (Wildman–Crippen LogP) is 5.07. The van der Waals surface area contributed by atoms with E-state index < -0.39 is 5.76 Å². The molecule has 2 aliphatic carbocycles. The summed E-state index contributed by atoms with van der Waals surface area (Å²) in [6.07, 6.45) is 8.45. The first-order valence-electron chi connectivity index (χ1n) is 14.0. The molecule has 2 atom stereocenters. The molecule has 4 aromatic rings. The minimum atomic E-state index is -0.656. The van der Waals surface area contributed by atoms with Crippen LogP contribution in [0.4, 0.5) is 5.95 Å². The van der Waals surface area contributed by atoms with Crippen LogP contribution < -0.4 is 10.7 Å². The number of hydrogen-bond acceptors (Lipinski definition) is 8. The van der Waals surface area contributed by atoms with Gasteiger partial charge in [0.25, 0.3) is 0 Å². The van der Waals surface area contributed by atoms with Gasteiger partial charge in [-0.15, -0.1) is 0 Å². The second kappa shape index (κ2) is 10.1. The molecule has 7 rings (SSSR count). The maximum absolute atomic E-state index is 11.7. The summed E-state index contributed by atoms with van der Waals surface area (Å²) in [5.74, 6) is 2.02. The topological polar surface area (TPSA) is 115 Å². The van der Waals surface area contributed by atoms with Gasteiger partial charge in [0.15, 0.2) is 5.65 Å². The molecule has 0 amide bonds. The van der Waals surface area contributed by atoms with E-state index in [-0.39, 0.29) is 17.8 Å². The fourth-order valence-electron chi connectivity index (χ4n) is 6.63. The van der Waals surface area contributed by atoms with Gasteiger partial charge >= 0.3 is 5.76 Å². The molecule has 10 nitrogen and oxygen atoms in total. The number of ether oxygens (including phenoxy) is 1. The minimum absolute atomic E-state index is 0.171. The summed E-state index contributed by atoms with van der Waals surface area (Å²) in [5.41, 5.74) is 3.01. The molecule has 4 heterocycles. The summed E-state index contributed by atoms with van der Waals surface area (Å²) in [5, 5.41) is 4.47. The first-order chi connectivity index (χ1) is 19.0. The predicted molar refractivity (Wildman–Crippen MR) is 148 cm³/mol. The summed E-state index contributed by atoms with van der Waals surface area (Å²) >= 11 is 6.44. The van der Waals surface area contributed by atoms with Crippen molar-refractivity contribution in [2.24, 2.45) is 11.8 Å². The van der Waals surface area contributed by atoms with Crippen molar-refractivity contribution in [2.45, 2.75) is 70.6 Å². The van der Waals surface area contributed by atoms with Crippen LogP contribution in [-0.2, 0) is 11.3 Å². The van der Waals surface area contributed by atoms with Crippen LogP contribution in [0.5, 0.6) is 0 Å². The molecule has 1 N–H and O–H groups in total. The third-order valence-corrected chi connectivity index (χ3v) is 8.88. The number of imidazole rings is 1. The maximum atomic E-state index is 11.7. The lowest BCUT2D eigenvalue weighted by molar-refractivity contribution is 0.0247. The van der Waals surface area contributed by atoms with Gasteiger partial charge in [-0.3, -0.25) is 9.51 Å². The second-order valence-corrected chi connectivity index (χ2v) is 11.7. The molecule has 204 valence electrons. The van der Waals surface area contributed by atoms with Crippen LogP contribution >= 0.6 is 11.6 Å². The number of benzene rings is 1. The third-order valence-electron chi connectivity index (χ3n) is 8.65. The zero-order chi connectivity index (χ0) is 26.5. The average molecular weight is 550 g/mol. The highest BCUT2D eigenvalue weighted by atomic mass is 35.5. The third kappa shape index (κ3) is 4.63. The molecule has 3 aromatic heterocycles. The van der Waals surface area contributed by atoms with Gasteiger partial charge in [-0.25, -0.2) is 14.8 Å². The van der Waals surface area contributed by atoms with E-state index in [9.17, 15) is 4.79 Å². The molecule has 3 fully saturated rings. The molecule has 39 heavy (non-hydrogen) atoms. The van der Waals surface area contributed by atoms with Crippen molar-refractivity contribution in [2.75, 3.05) is 18.1 Å². The fraction of sp³-hybridized carbons (Fsp3) is 0.536. The Bertz CT molecular complexity index is 1550. The van der Waals surface area contributed by atoms with Crippen LogP contribution in [0.25, 0.3) is 34.1 Å². The smallest absolute Gasteiger partial charge is 0.374 e. The SMILES string of the molecule is CC1CCC(Cn2c(N3CCO[C@H]4CCC[C@@H]43)nc3nc(-c4noc(=O)[nH]4)nc(-c4cccc(Cl)c4)c32)CC1. The van der Waals surface area contributed by atoms with E-state index in [1.165, 1.54) is 25.7 Å². The minimum Gasteiger partial charge on any atom is -0.374 e. The zero-order valence-electron chi connectivity index (χ0n) is 22.0. The normalized spacial score (nSPS) is 25.3. The van der Waals surface area contributed by atoms with Crippen molar-refractivity contribution in [3.8, 4) is 22.9 Å². The molecule has 0 unspecified atom stereocenters. The Balaban J connectivity index is 1.44. The molecule has 1 aliphatic heterocycles. The lowest BCUT2D eigenvalue weighted by atomic mass is 9.83. The Hall–Kier alpha value is -3.24. The summed E-state index contributed by atoms with van der Waals surface area (Å²) in [7, 11) is 0. The second-order valence-electron chi connectivity index (χ2n) is 11.3. The Morgan fingerprint density at radius 2 is 1.97 bits per heavy atom. The number of nitrogens with one attached hydrogen (secondary N) is 1. The van der Waals surface area contributed by atoms with Crippen molar-refractivity contribution in [3.05, 3.63) is 39.8 Å². The summed E-state index contributed by atoms with van der Waals surface area (Å²) in [6, 6.07) is 7.95. The Labute approximate surface area is 230 Å². The quantitative estimate of drug-likeness (QED) is 0.367. The van der Waals surface area contributed by atoms with Gasteiger partial charge in [0, 0.05) is 23.7 Å². The Morgan fingerprint density at radius 1 is 1.10 bits per heavy atom. The van der Waals surface area contributed by atoms with Crippen LogP contribution in [0.1, 0.15) is 51.9 Å². The number of anilines is 1. The van der Waals surface area contributed by atoms with E-state index in [4.69, 9.17) is 35.8 Å². The van der Waals surface area contributed by atoms with E-state index in [2.05, 4.69) is 26.5 Å². The number of fused-ring (bicyclic) bond motifs is 2. The van der Waals surface area contributed by atoms with Crippen molar-refractivity contribution < 1.29 is 9.26 Å². The number of H-pyrrole nitrogens is 1. The summed E-state index contributed by atoms with van der Waals surface area (Å²) in [6.45, 7) is 4.67. The molecule has 1 saturated heterocycles. The van der Waals surface area contributed by atoms with Crippen LogP contribution in [-0.4, -0.2) is 55.0 Å². The zero-order valence-corrected chi connectivity index (χ0v) is 22.7. The van der Waals surface area contributed by atoms with Crippen molar-refractivity contribution in [1.82, 2.24) is 29.7 Å². The summed E-state index contributed by atoms with van der Waals surface area (Å²) in [4.78, 5) is 31.7.